The molecule has 1 aromatic carbocycles. The minimum atomic E-state index is -0.290. The number of nitrogens with zero attached hydrogens (tertiary/aromatic N) is 3. The van der Waals surface area contributed by atoms with E-state index in [2.05, 4.69) is 15.4 Å². The first-order chi connectivity index (χ1) is 12.0. The van der Waals surface area contributed by atoms with E-state index in [-0.39, 0.29) is 17.8 Å². The summed E-state index contributed by atoms with van der Waals surface area (Å²) in [7, 11) is 0. The topological polar surface area (TPSA) is 59.8 Å². The number of rotatable bonds is 5. The van der Waals surface area contributed by atoms with Gasteiger partial charge in [-0.2, -0.15) is 5.10 Å². The van der Waals surface area contributed by atoms with Gasteiger partial charge in [-0.25, -0.2) is 14.1 Å². The second-order valence-electron chi connectivity index (χ2n) is 5.51. The molecule has 25 heavy (non-hydrogen) atoms. The summed E-state index contributed by atoms with van der Waals surface area (Å²) in [5.41, 5.74) is 2.57. The molecular formula is C18H17FN4OS. The van der Waals surface area contributed by atoms with E-state index in [4.69, 9.17) is 0 Å². The Kier molecular flexibility index (Phi) is 5.04. The average molecular weight is 356 g/mol. The molecule has 0 radical (unpaired) electrons. The summed E-state index contributed by atoms with van der Waals surface area (Å²) in [5.74, 6) is -0.488. The molecule has 2 heterocycles. The number of thiazole rings is 1. The molecule has 2 aromatic heterocycles. The Hall–Kier alpha value is -2.80. The van der Waals surface area contributed by atoms with Gasteiger partial charge in [0.2, 0.25) is 5.91 Å². The maximum atomic E-state index is 13.1. The van der Waals surface area contributed by atoms with Gasteiger partial charge in [0.05, 0.1) is 17.9 Å². The van der Waals surface area contributed by atoms with E-state index in [1.807, 2.05) is 19.2 Å². The fourth-order valence-electron chi connectivity index (χ4n) is 2.49. The Balaban J connectivity index is 1.71. The van der Waals surface area contributed by atoms with Gasteiger partial charge in [-0.05, 0) is 44.2 Å². The molecule has 0 spiro atoms. The van der Waals surface area contributed by atoms with E-state index < -0.39 is 0 Å². The zero-order valence-corrected chi connectivity index (χ0v) is 14.6. The Labute approximate surface area is 148 Å². The van der Waals surface area contributed by atoms with Gasteiger partial charge >= 0.3 is 0 Å². The van der Waals surface area contributed by atoms with Crippen molar-refractivity contribution in [3.8, 4) is 5.69 Å². The lowest BCUT2D eigenvalue weighted by molar-refractivity contribution is -0.117. The predicted molar refractivity (Wildman–Crippen MR) is 96.0 cm³/mol. The summed E-state index contributed by atoms with van der Waals surface area (Å²) in [5, 5.41) is 9.89. The van der Waals surface area contributed by atoms with Crippen molar-refractivity contribution in [2.45, 2.75) is 19.9 Å². The molecule has 0 aliphatic rings. The van der Waals surface area contributed by atoms with Gasteiger partial charge in [-0.1, -0.05) is 0 Å². The van der Waals surface area contributed by atoms with Crippen molar-refractivity contribution < 1.29 is 9.18 Å². The number of aromatic nitrogens is 3. The van der Waals surface area contributed by atoms with Crippen LogP contribution in [0.25, 0.3) is 11.8 Å². The Bertz CT molecular complexity index is 884. The normalized spacial score (nSPS) is 12.4. The van der Waals surface area contributed by atoms with Crippen LogP contribution in [-0.2, 0) is 4.79 Å². The second kappa shape index (κ2) is 7.40. The van der Waals surface area contributed by atoms with Crippen LogP contribution in [0.4, 0.5) is 4.39 Å². The zero-order valence-electron chi connectivity index (χ0n) is 13.8. The van der Waals surface area contributed by atoms with Crippen molar-refractivity contribution in [3.05, 3.63) is 70.2 Å². The molecule has 0 bridgehead atoms. The minimum absolute atomic E-state index is 0.198. The van der Waals surface area contributed by atoms with Crippen LogP contribution >= 0.6 is 11.3 Å². The van der Waals surface area contributed by atoms with Crippen LogP contribution in [-0.4, -0.2) is 20.7 Å². The molecule has 0 aliphatic heterocycles. The molecule has 1 N–H and O–H groups in total. The van der Waals surface area contributed by atoms with Crippen molar-refractivity contribution in [3.63, 3.8) is 0 Å². The summed E-state index contributed by atoms with van der Waals surface area (Å²) in [6.07, 6.45) is 6.56. The Morgan fingerprint density at radius 2 is 2.12 bits per heavy atom. The van der Waals surface area contributed by atoms with Gasteiger partial charge in [0.1, 0.15) is 10.8 Å². The fourth-order valence-corrected chi connectivity index (χ4v) is 3.02. The lowest BCUT2D eigenvalue weighted by atomic mass is 10.1. The first-order valence-electron chi connectivity index (χ1n) is 7.73. The molecule has 0 saturated heterocycles. The third kappa shape index (κ3) is 4.00. The van der Waals surface area contributed by atoms with Crippen molar-refractivity contribution in [2.75, 3.05) is 0 Å². The molecule has 0 fully saturated rings. The largest absolute Gasteiger partial charge is 0.346 e. The summed E-state index contributed by atoms with van der Waals surface area (Å²) >= 11 is 1.47. The molecule has 0 unspecified atom stereocenters. The van der Waals surface area contributed by atoms with Crippen LogP contribution in [0.5, 0.6) is 0 Å². The summed E-state index contributed by atoms with van der Waals surface area (Å²) < 4.78 is 14.8. The van der Waals surface area contributed by atoms with E-state index in [1.165, 1.54) is 29.5 Å². The SMILES string of the molecule is Cc1c([C@H](C)NC(=O)/C=C/c2nccs2)cnn1-c1ccc(F)cc1. The lowest BCUT2D eigenvalue weighted by Gasteiger charge is -2.13. The van der Waals surface area contributed by atoms with Crippen LogP contribution in [0.2, 0.25) is 0 Å². The maximum absolute atomic E-state index is 13.1. The van der Waals surface area contributed by atoms with Crippen molar-refractivity contribution in [2.24, 2.45) is 0 Å². The Morgan fingerprint density at radius 1 is 1.36 bits per heavy atom. The quantitative estimate of drug-likeness (QED) is 0.710. The Morgan fingerprint density at radius 3 is 2.80 bits per heavy atom. The summed E-state index contributed by atoms with van der Waals surface area (Å²) in [6.45, 7) is 3.81. The highest BCUT2D eigenvalue weighted by Gasteiger charge is 2.15. The molecule has 5 nitrogen and oxygen atoms in total. The lowest BCUT2D eigenvalue weighted by Crippen LogP contribution is -2.25. The number of nitrogens with one attached hydrogen (secondary N) is 1. The van der Waals surface area contributed by atoms with E-state index in [9.17, 15) is 9.18 Å². The third-order valence-electron chi connectivity index (χ3n) is 3.77. The van der Waals surface area contributed by atoms with E-state index in [0.717, 1.165) is 22.0 Å². The molecule has 3 rings (SSSR count). The highest BCUT2D eigenvalue weighted by molar-refractivity contribution is 7.10. The number of amides is 1. The van der Waals surface area contributed by atoms with Crippen LogP contribution in [0, 0.1) is 12.7 Å². The second-order valence-corrected chi connectivity index (χ2v) is 6.43. The van der Waals surface area contributed by atoms with E-state index >= 15 is 0 Å². The van der Waals surface area contributed by atoms with Crippen LogP contribution in [0.3, 0.4) is 0 Å². The molecule has 7 heteroatoms. The van der Waals surface area contributed by atoms with Gasteiger partial charge in [0, 0.05) is 28.9 Å². The monoisotopic (exact) mass is 356 g/mol. The molecule has 1 atom stereocenters. The van der Waals surface area contributed by atoms with Gasteiger partial charge < -0.3 is 5.32 Å². The van der Waals surface area contributed by atoms with Crippen LogP contribution in [0.15, 0.2) is 48.1 Å². The minimum Gasteiger partial charge on any atom is -0.346 e. The molecule has 0 saturated carbocycles. The molecule has 128 valence electrons. The predicted octanol–water partition coefficient (Wildman–Crippen LogP) is 3.67. The van der Waals surface area contributed by atoms with Gasteiger partial charge in [0.25, 0.3) is 0 Å². The van der Waals surface area contributed by atoms with Crippen molar-refractivity contribution >= 4 is 23.3 Å². The number of carbonyl (C=O) groups is 1. The van der Waals surface area contributed by atoms with Crippen molar-refractivity contribution in [1.82, 2.24) is 20.1 Å². The molecular weight excluding hydrogens is 339 g/mol. The highest BCUT2D eigenvalue weighted by atomic mass is 32.1. The highest BCUT2D eigenvalue weighted by Crippen LogP contribution is 2.20. The summed E-state index contributed by atoms with van der Waals surface area (Å²) in [6, 6.07) is 5.91. The number of benzene rings is 1. The van der Waals surface area contributed by atoms with Gasteiger partial charge in [-0.3, -0.25) is 4.79 Å². The van der Waals surface area contributed by atoms with Crippen molar-refractivity contribution in [1.29, 1.82) is 0 Å². The molecule has 0 aliphatic carbocycles. The van der Waals surface area contributed by atoms with Gasteiger partial charge in [0.15, 0.2) is 0 Å². The first kappa shape index (κ1) is 17.0. The number of carbonyl (C=O) groups excluding carboxylic acids is 1. The smallest absolute Gasteiger partial charge is 0.244 e. The number of halogens is 1. The van der Waals surface area contributed by atoms with E-state index in [1.54, 1.807) is 35.3 Å². The van der Waals surface area contributed by atoms with Gasteiger partial charge in [-0.15, -0.1) is 11.3 Å². The summed E-state index contributed by atoms with van der Waals surface area (Å²) in [4.78, 5) is 16.2. The number of hydrogen-bond donors (Lipinski definition) is 1. The number of hydrogen-bond acceptors (Lipinski definition) is 4. The standard InChI is InChI=1S/C18H17FN4OS/c1-12(22-17(24)7-8-18-20-9-10-25-18)16-11-21-23(13(16)2)15-5-3-14(19)4-6-15/h3-12H,1-2H3,(H,22,24)/b8-7+/t12-/m0/s1. The first-order valence-corrected chi connectivity index (χ1v) is 8.61. The molecule has 3 aromatic rings. The van der Waals surface area contributed by atoms with E-state index in [0.29, 0.717) is 0 Å². The average Bonchev–Trinajstić information content (AvgIpc) is 3.23. The zero-order chi connectivity index (χ0) is 17.8. The maximum Gasteiger partial charge on any atom is 0.244 e. The van der Waals surface area contributed by atoms with Crippen LogP contribution < -0.4 is 5.32 Å². The fraction of sp³-hybridized carbons (Fsp3) is 0.167. The third-order valence-corrected chi connectivity index (χ3v) is 4.51. The molecule has 1 amide bonds. The van der Waals surface area contributed by atoms with Crippen LogP contribution in [0.1, 0.15) is 29.2 Å².